The van der Waals surface area contributed by atoms with Gasteiger partial charge in [-0.15, -0.1) is 0 Å². The molecule has 0 radical (unpaired) electrons. The fraction of sp³-hybridized carbons (Fsp3) is 1.00. The maximum absolute atomic E-state index is 9.47. The predicted octanol–water partition coefficient (Wildman–Crippen LogP) is 3.75. The van der Waals surface area contributed by atoms with Gasteiger partial charge in [-0.2, -0.15) is 0 Å². The van der Waals surface area contributed by atoms with Crippen molar-refractivity contribution in [3.05, 3.63) is 0 Å². The van der Waals surface area contributed by atoms with Crippen molar-refractivity contribution in [1.82, 2.24) is 0 Å². The number of rotatable bonds is 7. The highest BCUT2D eigenvalue weighted by atomic mass is 16.3. The number of unbranched alkanes of at least 4 members (excludes halogenated alkanes) is 2. The van der Waals surface area contributed by atoms with Crippen LogP contribution in [0.15, 0.2) is 0 Å². The van der Waals surface area contributed by atoms with E-state index in [0.29, 0.717) is 0 Å². The molecule has 0 rings (SSSR count). The van der Waals surface area contributed by atoms with Crippen LogP contribution in [-0.4, -0.2) is 10.7 Å². The predicted molar refractivity (Wildman–Crippen MR) is 58.8 cm³/mol. The third-order valence-electron chi connectivity index (χ3n) is 2.68. The molecule has 13 heavy (non-hydrogen) atoms. The molecule has 1 heteroatoms. The van der Waals surface area contributed by atoms with E-state index < -0.39 is 5.60 Å². The highest BCUT2D eigenvalue weighted by Crippen LogP contribution is 2.16. The second-order valence-corrected chi connectivity index (χ2v) is 4.93. The van der Waals surface area contributed by atoms with Gasteiger partial charge < -0.3 is 5.11 Å². The van der Waals surface area contributed by atoms with Gasteiger partial charge in [0.1, 0.15) is 0 Å². The fourth-order valence-electron chi connectivity index (χ4n) is 1.43. The van der Waals surface area contributed by atoms with Crippen molar-refractivity contribution in [3.8, 4) is 0 Å². The topological polar surface area (TPSA) is 20.2 Å². The van der Waals surface area contributed by atoms with Crippen LogP contribution in [0.4, 0.5) is 0 Å². The Labute approximate surface area is 83.5 Å². The number of hydrogen-bond donors (Lipinski definition) is 1. The van der Waals surface area contributed by atoms with E-state index in [4.69, 9.17) is 0 Å². The summed E-state index contributed by atoms with van der Waals surface area (Å²) in [7, 11) is 0. The molecule has 0 aromatic rings. The summed E-state index contributed by atoms with van der Waals surface area (Å²) in [6.07, 6.45) is 7.35. The molecule has 0 saturated heterocycles. The van der Waals surface area contributed by atoms with Crippen LogP contribution in [0.1, 0.15) is 66.2 Å². The van der Waals surface area contributed by atoms with Gasteiger partial charge in [-0.25, -0.2) is 0 Å². The van der Waals surface area contributed by atoms with Crippen molar-refractivity contribution in [2.24, 2.45) is 5.92 Å². The molecule has 1 unspecified atom stereocenters. The summed E-state index contributed by atoms with van der Waals surface area (Å²) in [6.45, 7) is 8.35. The Hall–Kier alpha value is -0.0400. The van der Waals surface area contributed by atoms with E-state index in [1.54, 1.807) is 0 Å². The van der Waals surface area contributed by atoms with Crippen molar-refractivity contribution >= 4 is 0 Å². The van der Waals surface area contributed by atoms with Crippen molar-refractivity contribution in [2.45, 2.75) is 71.8 Å². The Morgan fingerprint density at radius 3 is 2.23 bits per heavy atom. The molecule has 0 aromatic heterocycles. The smallest absolute Gasteiger partial charge is 0.0591 e. The molecule has 0 amide bonds. The molecule has 1 nitrogen and oxygen atoms in total. The summed E-state index contributed by atoms with van der Waals surface area (Å²) in [4.78, 5) is 0. The Bertz CT molecular complexity index is 113. The van der Waals surface area contributed by atoms with E-state index in [1.807, 2.05) is 13.8 Å². The minimum atomic E-state index is -0.462. The SMILES string of the molecule is CCC(C)CCCCCC(C)(C)O. The van der Waals surface area contributed by atoms with E-state index >= 15 is 0 Å². The first-order valence-corrected chi connectivity index (χ1v) is 5.68. The zero-order chi connectivity index (χ0) is 10.3. The van der Waals surface area contributed by atoms with Crippen molar-refractivity contribution < 1.29 is 5.11 Å². The zero-order valence-corrected chi connectivity index (χ0v) is 9.77. The van der Waals surface area contributed by atoms with Gasteiger partial charge >= 0.3 is 0 Å². The van der Waals surface area contributed by atoms with Crippen LogP contribution in [0.25, 0.3) is 0 Å². The van der Waals surface area contributed by atoms with E-state index in [0.717, 1.165) is 12.3 Å². The van der Waals surface area contributed by atoms with Crippen molar-refractivity contribution in [3.63, 3.8) is 0 Å². The standard InChI is InChI=1S/C12H26O/c1-5-11(2)9-7-6-8-10-12(3,4)13/h11,13H,5-10H2,1-4H3. The molecule has 80 valence electrons. The van der Waals surface area contributed by atoms with Gasteiger partial charge in [-0.05, 0) is 26.2 Å². The minimum Gasteiger partial charge on any atom is -0.390 e. The van der Waals surface area contributed by atoms with E-state index in [1.165, 1.54) is 32.1 Å². The molecule has 0 aromatic carbocycles. The molecular weight excluding hydrogens is 160 g/mol. The highest BCUT2D eigenvalue weighted by molar-refractivity contribution is 4.64. The van der Waals surface area contributed by atoms with Crippen LogP contribution in [-0.2, 0) is 0 Å². The van der Waals surface area contributed by atoms with Crippen molar-refractivity contribution in [1.29, 1.82) is 0 Å². The molecule has 0 aliphatic heterocycles. The highest BCUT2D eigenvalue weighted by Gasteiger charge is 2.10. The first kappa shape index (κ1) is 13.0. The summed E-state index contributed by atoms with van der Waals surface area (Å²) < 4.78 is 0. The number of hydrogen-bond acceptors (Lipinski definition) is 1. The largest absolute Gasteiger partial charge is 0.390 e. The van der Waals surface area contributed by atoms with E-state index in [-0.39, 0.29) is 0 Å². The third kappa shape index (κ3) is 9.88. The van der Waals surface area contributed by atoms with Crippen LogP contribution in [0, 0.1) is 5.92 Å². The fourth-order valence-corrected chi connectivity index (χ4v) is 1.43. The van der Waals surface area contributed by atoms with Crippen LogP contribution in [0.2, 0.25) is 0 Å². The van der Waals surface area contributed by atoms with Gasteiger partial charge in [-0.3, -0.25) is 0 Å². The average Bonchev–Trinajstić information content (AvgIpc) is 2.01. The molecule has 1 atom stereocenters. The van der Waals surface area contributed by atoms with E-state index in [2.05, 4.69) is 13.8 Å². The quantitative estimate of drug-likeness (QED) is 0.600. The van der Waals surface area contributed by atoms with E-state index in [9.17, 15) is 5.11 Å². The van der Waals surface area contributed by atoms with Crippen LogP contribution >= 0.6 is 0 Å². The molecule has 0 aliphatic rings. The Morgan fingerprint density at radius 1 is 1.15 bits per heavy atom. The second-order valence-electron chi connectivity index (χ2n) is 4.93. The summed E-state index contributed by atoms with van der Waals surface area (Å²) in [5, 5.41) is 9.47. The summed E-state index contributed by atoms with van der Waals surface area (Å²) >= 11 is 0. The van der Waals surface area contributed by atoms with Crippen LogP contribution in [0.3, 0.4) is 0 Å². The molecule has 0 fully saturated rings. The van der Waals surface area contributed by atoms with Gasteiger partial charge in [0.2, 0.25) is 0 Å². The summed E-state index contributed by atoms with van der Waals surface area (Å²) in [6, 6.07) is 0. The first-order valence-electron chi connectivity index (χ1n) is 5.68. The van der Waals surface area contributed by atoms with Crippen LogP contribution < -0.4 is 0 Å². The lowest BCUT2D eigenvalue weighted by atomic mass is 9.97. The molecule has 1 N–H and O–H groups in total. The van der Waals surface area contributed by atoms with Crippen molar-refractivity contribution in [2.75, 3.05) is 0 Å². The minimum absolute atomic E-state index is 0.462. The maximum Gasteiger partial charge on any atom is 0.0591 e. The summed E-state index contributed by atoms with van der Waals surface area (Å²) in [5.74, 6) is 0.877. The molecule has 0 spiro atoms. The zero-order valence-electron chi connectivity index (χ0n) is 9.77. The Balaban J connectivity index is 3.18. The average molecular weight is 186 g/mol. The molecule has 0 heterocycles. The Kier molecular flexibility index (Phi) is 6.40. The molecule has 0 bridgehead atoms. The third-order valence-corrected chi connectivity index (χ3v) is 2.68. The Morgan fingerprint density at radius 2 is 1.77 bits per heavy atom. The number of aliphatic hydroxyl groups is 1. The second kappa shape index (κ2) is 6.42. The lowest BCUT2D eigenvalue weighted by molar-refractivity contribution is 0.0679. The monoisotopic (exact) mass is 186 g/mol. The molecular formula is C12H26O. The lowest BCUT2D eigenvalue weighted by Crippen LogP contribution is -2.17. The normalized spacial score (nSPS) is 14.5. The lowest BCUT2D eigenvalue weighted by Gasteiger charge is -2.16. The molecule has 0 saturated carbocycles. The van der Waals surface area contributed by atoms with Crippen LogP contribution in [0.5, 0.6) is 0 Å². The first-order chi connectivity index (χ1) is 5.95. The van der Waals surface area contributed by atoms with Gasteiger partial charge in [0.05, 0.1) is 5.60 Å². The van der Waals surface area contributed by atoms with Gasteiger partial charge in [0.15, 0.2) is 0 Å². The molecule has 0 aliphatic carbocycles. The van der Waals surface area contributed by atoms with Gasteiger partial charge in [0.25, 0.3) is 0 Å². The van der Waals surface area contributed by atoms with Gasteiger partial charge in [-0.1, -0.05) is 46.0 Å². The van der Waals surface area contributed by atoms with Gasteiger partial charge in [0, 0.05) is 0 Å². The summed E-state index contributed by atoms with van der Waals surface area (Å²) in [5.41, 5.74) is -0.462. The maximum atomic E-state index is 9.47.